The molecular formula is C16H19N5. The number of hydrazone groups is 1. The molecule has 0 saturated carbocycles. The standard InChI is InChI=1S/C16H19N5/c1-12-4-3-5-13(2)15(12)11-20-21-16(17)19-10-14-6-8-18-9-7-14/h3-9,11H,10H2,1-2H3,(H3,17,19,21). The molecule has 0 bridgehead atoms. The van der Waals surface area contributed by atoms with E-state index in [0.717, 1.165) is 22.3 Å². The van der Waals surface area contributed by atoms with Crippen molar-refractivity contribution in [2.75, 3.05) is 0 Å². The number of hydrogen-bond donors (Lipinski definition) is 3. The summed E-state index contributed by atoms with van der Waals surface area (Å²) in [6, 6.07) is 9.91. The highest BCUT2D eigenvalue weighted by Gasteiger charge is 1.98. The summed E-state index contributed by atoms with van der Waals surface area (Å²) < 4.78 is 0. The fourth-order valence-corrected chi connectivity index (χ4v) is 1.92. The molecule has 0 saturated heterocycles. The minimum Gasteiger partial charge on any atom is -0.351 e. The molecule has 2 rings (SSSR count). The number of nitrogens with zero attached hydrogens (tertiary/aromatic N) is 2. The molecule has 1 aromatic heterocycles. The van der Waals surface area contributed by atoms with Crippen LogP contribution in [0.4, 0.5) is 0 Å². The van der Waals surface area contributed by atoms with Gasteiger partial charge in [0.1, 0.15) is 0 Å². The quantitative estimate of drug-likeness (QED) is 0.457. The zero-order chi connectivity index (χ0) is 15.1. The SMILES string of the molecule is Cc1cccc(C)c1C=NNC(=N)NCc1ccncc1. The predicted molar refractivity (Wildman–Crippen MR) is 85.4 cm³/mol. The second kappa shape index (κ2) is 7.19. The van der Waals surface area contributed by atoms with Gasteiger partial charge in [-0.25, -0.2) is 5.43 Å². The van der Waals surface area contributed by atoms with Gasteiger partial charge in [-0.15, -0.1) is 0 Å². The van der Waals surface area contributed by atoms with Gasteiger partial charge >= 0.3 is 0 Å². The summed E-state index contributed by atoms with van der Waals surface area (Å²) in [6.45, 7) is 4.65. The largest absolute Gasteiger partial charge is 0.351 e. The van der Waals surface area contributed by atoms with Gasteiger partial charge in [-0.05, 0) is 42.7 Å². The van der Waals surface area contributed by atoms with Gasteiger partial charge in [-0.1, -0.05) is 18.2 Å². The number of aryl methyl sites for hydroxylation is 2. The third-order valence-corrected chi connectivity index (χ3v) is 3.13. The lowest BCUT2D eigenvalue weighted by atomic mass is 10.0. The van der Waals surface area contributed by atoms with E-state index >= 15 is 0 Å². The molecule has 1 aromatic carbocycles. The molecule has 0 spiro atoms. The lowest BCUT2D eigenvalue weighted by molar-refractivity contribution is 0.836. The summed E-state index contributed by atoms with van der Waals surface area (Å²) in [5.41, 5.74) is 7.15. The van der Waals surface area contributed by atoms with E-state index in [0.29, 0.717) is 6.54 Å². The van der Waals surface area contributed by atoms with Crippen LogP contribution < -0.4 is 10.7 Å². The monoisotopic (exact) mass is 281 g/mol. The Morgan fingerprint density at radius 1 is 1.19 bits per heavy atom. The van der Waals surface area contributed by atoms with Crippen molar-refractivity contribution in [1.29, 1.82) is 5.41 Å². The van der Waals surface area contributed by atoms with E-state index in [9.17, 15) is 0 Å². The molecule has 5 heteroatoms. The van der Waals surface area contributed by atoms with Crippen LogP contribution in [0.2, 0.25) is 0 Å². The average Bonchev–Trinajstić information content (AvgIpc) is 2.49. The summed E-state index contributed by atoms with van der Waals surface area (Å²) >= 11 is 0. The van der Waals surface area contributed by atoms with Gasteiger partial charge in [-0.3, -0.25) is 10.4 Å². The zero-order valence-corrected chi connectivity index (χ0v) is 12.2. The van der Waals surface area contributed by atoms with Crippen molar-refractivity contribution < 1.29 is 0 Å². The maximum Gasteiger partial charge on any atom is 0.209 e. The molecule has 0 aliphatic carbocycles. The van der Waals surface area contributed by atoms with Crippen molar-refractivity contribution in [2.24, 2.45) is 5.10 Å². The molecule has 21 heavy (non-hydrogen) atoms. The first kappa shape index (κ1) is 14.7. The summed E-state index contributed by atoms with van der Waals surface area (Å²) in [6.07, 6.45) is 5.20. The lowest BCUT2D eigenvalue weighted by Crippen LogP contribution is -2.32. The Kier molecular flexibility index (Phi) is 5.04. The van der Waals surface area contributed by atoms with Crippen LogP contribution in [-0.2, 0) is 6.54 Å². The number of hydrogen-bond acceptors (Lipinski definition) is 3. The highest BCUT2D eigenvalue weighted by Crippen LogP contribution is 2.10. The fraction of sp³-hybridized carbons (Fsp3) is 0.188. The third kappa shape index (κ3) is 4.42. The maximum absolute atomic E-state index is 7.76. The molecule has 0 amide bonds. The topological polar surface area (TPSA) is 73.2 Å². The molecule has 2 aromatic rings. The van der Waals surface area contributed by atoms with Crippen LogP contribution >= 0.6 is 0 Å². The molecule has 1 heterocycles. The molecular weight excluding hydrogens is 262 g/mol. The molecule has 0 atom stereocenters. The maximum atomic E-state index is 7.76. The van der Waals surface area contributed by atoms with Gasteiger partial charge < -0.3 is 5.32 Å². The van der Waals surface area contributed by atoms with Crippen molar-refractivity contribution >= 4 is 12.2 Å². The Labute approximate surface area is 124 Å². The highest BCUT2D eigenvalue weighted by molar-refractivity contribution is 5.85. The molecule has 108 valence electrons. The normalized spacial score (nSPS) is 10.6. The summed E-state index contributed by atoms with van der Waals surface area (Å²) in [5.74, 6) is 0.161. The van der Waals surface area contributed by atoms with Crippen molar-refractivity contribution in [2.45, 2.75) is 20.4 Å². The Morgan fingerprint density at radius 2 is 1.86 bits per heavy atom. The minimum atomic E-state index is 0.161. The van der Waals surface area contributed by atoms with Crippen LogP contribution in [0, 0.1) is 19.3 Å². The van der Waals surface area contributed by atoms with Crippen molar-refractivity contribution in [3.8, 4) is 0 Å². The van der Waals surface area contributed by atoms with E-state index in [1.165, 1.54) is 0 Å². The molecule has 3 N–H and O–H groups in total. The number of guanidine groups is 1. The number of pyridine rings is 1. The number of nitrogens with one attached hydrogen (secondary N) is 3. The van der Waals surface area contributed by atoms with Crippen molar-refractivity contribution in [1.82, 2.24) is 15.7 Å². The van der Waals surface area contributed by atoms with Crippen LogP contribution in [0.5, 0.6) is 0 Å². The second-order valence-electron chi connectivity index (χ2n) is 4.76. The van der Waals surface area contributed by atoms with Crippen LogP contribution in [-0.4, -0.2) is 17.2 Å². The van der Waals surface area contributed by atoms with Gasteiger partial charge in [0, 0.05) is 24.5 Å². The minimum absolute atomic E-state index is 0.161. The fourth-order valence-electron chi connectivity index (χ4n) is 1.92. The van der Waals surface area contributed by atoms with E-state index in [1.54, 1.807) is 18.6 Å². The smallest absolute Gasteiger partial charge is 0.209 e. The summed E-state index contributed by atoms with van der Waals surface area (Å²) in [4.78, 5) is 3.95. The number of rotatable bonds is 4. The summed E-state index contributed by atoms with van der Waals surface area (Å²) in [7, 11) is 0. The van der Waals surface area contributed by atoms with Gasteiger partial charge in [0.15, 0.2) is 0 Å². The first-order valence-corrected chi connectivity index (χ1v) is 6.73. The van der Waals surface area contributed by atoms with Crippen LogP contribution in [0.3, 0.4) is 0 Å². The predicted octanol–water partition coefficient (Wildman–Crippen LogP) is 2.35. The van der Waals surface area contributed by atoms with Crippen molar-refractivity contribution in [3.05, 3.63) is 65.0 Å². The molecule has 5 nitrogen and oxygen atoms in total. The van der Waals surface area contributed by atoms with Crippen LogP contribution in [0.1, 0.15) is 22.3 Å². The first-order valence-electron chi connectivity index (χ1n) is 6.73. The van der Waals surface area contributed by atoms with E-state index in [2.05, 4.69) is 20.8 Å². The molecule has 0 aliphatic rings. The van der Waals surface area contributed by atoms with Gasteiger partial charge in [-0.2, -0.15) is 5.10 Å². The molecule has 0 radical (unpaired) electrons. The highest BCUT2D eigenvalue weighted by atomic mass is 15.4. The van der Waals surface area contributed by atoms with Gasteiger partial charge in [0.2, 0.25) is 5.96 Å². The lowest BCUT2D eigenvalue weighted by Gasteiger charge is -2.07. The van der Waals surface area contributed by atoms with Crippen LogP contribution in [0.25, 0.3) is 0 Å². The van der Waals surface area contributed by atoms with Crippen molar-refractivity contribution in [3.63, 3.8) is 0 Å². The van der Waals surface area contributed by atoms with E-state index in [-0.39, 0.29) is 5.96 Å². The van der Waals surface area contributed by atoms with E-state index in [4.69, 9.17) is 5.41 Å². The van der Waals surface area contributed by atoms with E-state index < -0.39 is 0 Å². The molecule has 0 unspecified atom stereocenters. The number of benzene rings is 1. The van der Waals surface area contributed by atoms with E-state index in [1.807, 2.05) is 44.2 Å². The second-order valence-corrected chi connectivity index (χ2v) is 4.76. The van der Waals surface area contributed by atoms with Gasteiger partial charge in [0.25, 0.3) is 0 Å². The Morgan fingerprint density at radius 3 is 2.52 bits per heavy atom. The Hall–Kier alpha value is -2.69. The average molecular weight is 281 g/mol. The Balaban J connectivity index is 1.85. The number of aromatic nitrogens is 1. The summed E-state index contributed by atoms with van der Waals surface area (Å²) in [5, 5.41) is 14.8. The van der Waals surface area contributed by atoms with Crippen LogP contribution in [0.15, 0.2) is 47.8 Å². The molecule has 0 fully saturated rings. The third-order valence-electron chi connectivity index (χ3n) is 3.13. The molecule has 0 aliphatic heterocycles. The zero-order valence-electron chi connectivity index (χ0n) is 12.2. The van der Waals surface area contributed by atoms with Gasteiger partial charge in [0.05, 0.1) is 6.21 Å². The Bertz CT molecular complexity index is 614. The first-order chi connectivity index (χ1) is 10.2.